The minimum absolute atomic E-state index is 0.182. The van der Waals surface area contributed by atoms with Crippen molar-refractivity contribution in [1.82, 2.24) is 15.4 Å². The Bertz CT molecular complexity index is 626. The third-order valence-corrected chi connectivity index (χ3v) is 3.57. The Labute approximate surface area is 127 Å². The van der Waals surface area contributed by atoms with Crippen LogP contribution in [0, 0.1) is 6.92 Å². The molecular formula is C15H16N4OS. The van der Waals surface area contributed by atoms with E-state index in [2.05, 4.69) is 20.5 Å². The van der Waals surface area contributed by atoms with Crippen LogP contribution < -0.4 is 5.43 Å². The van der Waals surface area contributed by atoms with Crippen molar-refractivity contribution in [3.05, 3.63) is 53.9 Å². The molecule has 2 rings (SSSR count). The fourth-order valence-corrected chi connectivity index (χ4v) is 2.12. The Morgan fingerprint density at radius 2 is 1.90 bits per heavy atom. The average molecular weight is 300 g/mol. The molecule has 1 amide bonds. The maximum absolute atomic E-state index is 11.7. The molecule has 2 aromatic rings. The molecule has 108 valence electrons. The molecule has 0 fully saturated rings. The van der Waals surface area contributed by atoms with E-state index in [1.807, 2.05) is 38.1 Å². The first kappa shape index (κ1) is 15.2. The van der Waals surface area contributed by atoms with Gasteiger partial charge in [0.05, 0.1) is 11.5 Å². The van der Waals surface area contributed by atoms with Gasteiger partial charge in [-0.15, -0.1) is 0 Å². The molecule has 0 saturated carbocycles. The number of hydrazone groups is 1. The Kier molecular flexibility index (Phi) is 5.45. The van der Waals surface area contributed by atoms with E-state index in [0.29, 0.717) is 5.16 Å². The van der Waals surface area contributed by atoms with Crippen LogP contribution in [0.15, 0.2) is 53.0 Å². The van der Waals surface area contributed by atoms with Gasteiger partial charge in [0.2, 0.25) is 0 Å². The monoisotopic (exact) mass is 300 g/mol. The molecule has 21 heavy (non-hydrogen) atoms. The predicted octanol–water partition coefficient (Wildman–Crippen LogP) is 2.42. The maximum Gasteiger partial charge on any atom is 0.250 e. The van der Waals surface area contributed by atoms with Crippen LogP contribution in [-0.2, 0) is 4.79 Å². The molecule has 0 radical (unpaired) electrons. The van der Waals surface area contributed by atoms with Crippen molar-refractivity contribution in [2.75, 3.05) is 5.75 Å². The smallest absolute Gasteiger partial charge is 0.250 e. The van der Waals surface area contributed by atoms with E-state index in [0.717, 1.165) is 11.3 Å². The molecule has 0 aliphatic rings. The Morgan fingerprint density at radius 3 is 2.57 bits per heavy atom. The molecule has 1 N–H and O–H groups in total. The van der Waals surface area contributed by atoms with Crippen LogP contribution in [0.25, 0.3) is 0 Å². The van der Waals surface area contributed by atoms with Crippen LogP contribution in [0.5, 0.6) is 0 Å². The zero-order valence-corrected chi connectivity index (χ0v) is 12.7. The van der Waals surface area contributed by atoms with Gasteiger partial charge in [-0.1, -0.05) is 41.6 Å². The fourth-order valence-electron chi connectivity index (χ4n) is 1.53. The highest BCUT2D eigenvalue weighted by Crippen LogP contribution is 2.10. The summed E-state index contributed by atoms with van der Waals surface area (Å²) in [5.74, 6) is 0.0493. The van der Waals surface area contributed by atoms with Crippen molar-refractivity contribution in [2.45, 2.75) is 19.0 Å². The number of thioether (sulfide) groups is 1. The van der Waals surface area contributed by atoms with E-state index in [1.54, 1.807) is 18.5 Å². The summed E-state index contributed by atoms with van der Waals surface area (Å²) in [6.45, 7) is 3.89. The van der Waals surface area contributed by atoms with Crippen LogP contribution in [0.4, 0.5) is 0 Å². The summed E-state index contributed by atoms with van der Waals surface area (Å²) >= 11 is 1.27. The molecule has 5 nitrogen and oxygen atoms in total. The van der Waals surface area contributed by atoms with E-state index in [4.69, 9.17) is 0 Å². The molecule has 0 bridgehead atoms. The lowest BCUT2D eigenvalue weighted by atomic mass is 10.1. The number of carbonyl (C=O) groups is 1. The zero-order valence-electron chi connectivity index (χ0n) is 11.9. The molecule has 0 aliphatic heterocycles. The number of carbonyl (C=O) groups excluding carboxylic acids is 1. The third kappa shape index (κ3) is 5.00. The maximum atomic E-state index is 11.7. The van der Waals surface area contributed by atoms with Crippen molar-refractivity contribution in [1.29, 1.82) is 0 Å². The van der Waals surface area contributed by atoms with Gasteiger partial charge in [-0.05, 0) is 25.5 Å². The van der Waals surface area contributed by atoms with E-state index in [1.165, 1.54) is 17.3 Å². The van der Waals surface area contributed by atoms with Gasteiger partial charge in [-0.3, -0.25) is 4.79 Å². The van der Waals surface area contributed by atoms with Crippen LogP contribution in [0.3, 0.4) is 0 Å². The Morgan fingerprint density at radius 1 is 1.24 bits per heavy atom. The van der Waals surface area contributed by atoms with Crippen LogP contribution in [0.1, 0.15) is 18.1 Å². The predicted molar refractivity (Wildman–Crippen MR) is 84.3 cm³/mol. The number of amides is 1. The number of aryl methyl sites for hydroxylation is 1. The quantitative estimate of drug-likeness (QED) is 0.398. The fraction of sp³-hybridized carbons (Fsp3) is 0.200. The van der Waals surface area contributed by atoms with Crippen LogP contribution in [-0.4, -0.2) is 27.3 Å². The standard InChI is InChI=1S/C15H16N4OS/c1-11-4-6-13(7-5-11)12(2)18-19-14(20)10-21-15-16-8-3-9-17-15/h3-9H,10H2,1-2H3,(H,19,20)/b18-12+. The van der Waals surface area contributed by atoms with Crippen LogP contribution >= 0.6 is 11.8 Å². The van der Waals surface area contributed by atoms with E-state index < -0.39 is 0 Å². The second-order valence-corrected chi connectivity index (χ2v) is 5.36. The summed E-state index contributed by atoms with van der Waals surface area (Å²) in [7, 11) is 0. The summed E-state index contributed by atoms with van der Waals surface area (Å²) in [5, 5.41) is 4.68. The van der Waals surface area contributed by atoms with E-state index in [-0.39, 0.29) is 11.7 Å². The highest BCUT2D eigenvalue weighted by Gasteiger charge is 2.04. The van der Waals surface area contributed by atoms with Gasteiger partial charge in [0.15, 0.2) is 5.16 Å². The average Bonchev–Trinajstić information content (AvgIpc) is 2.52. The van der Waals surface area contributed by atoms with Crippen molar-refractivity contribution in [2.24, 2.45) is 5.10 Å². The molecular weight excluding hydrogens is 284 g/mol. The number of rotatable bonds is 5. The Hall–Kier alpha value is -2.21. The molecule has 1 aromatic heterocycles. The summed E-state index contributed by atoms with van der Waals surface area (Å²) in [5.41, 5.74) is 5.48. The molecule has 0 atom stereocenters. The lowest BCUT2D eigenvalue weighted by molar-refractivity contribution is -0.118. The van der Waals surface area contributed by atoms with Gasteiger partial charge in [-0.2, -0.15) is 5.10 Å². The van der Waals surface area contributed by atoms with Gasteiger partial charge in [0.1, 0.15) is 0 Å². The van der Waals surface area contributed by atoms with Gasteiger partial charge >= 0.3 is 0 Å². The SMILES string of the molecule is C/C(=N\NC(=O)CSc1ncccn1)c1ccc(C)cc1. The zero-order chi connectivity index (χ0) is 15.1. The van der Waals surface area contributed by atoms with Crippen molar-refractivity contribution >= 4 is 23.4 Å². The number of nitrogens with zero attached hydrogens (tertiary/aromatic N) is 3. The molecule has 1 heterocycles. The Balaban J connectivity index is 1.85. The van der Waals surface area contributed by atoms with Gasteiger partial charge in [0.25, 0.3) is 5.91 Å². The van der Waals surface area contributed by atoms with Gasteiger partial charge < -0.3 is 0 Å². The second kappa shape index (κ2) is 7.54. The molecule has 0 saturated heterocycles. The highest BCUT2D eigenvalue weighted by atomic mass is 32.2. The first-order chi connectivity index (χ1) is 10.1. The van der Waals surface area contributed by atoms with Gasteiger partial charge in [0, 0.05) is 12.4 Å². The first-order valence-corrected chi connectivity index (χ1v) is 7.43. The summed E-state index contributed by atoms with van der Waals surface area (Å²) < 4.78 is 0. The lowest BCUT2D eigenvalue weighted by Gasteiger charge is -2.03. The van der Waals surface area contributed by atoms with E-state index >= 15 is 0 Å². The van der Waals surface area contributed by atoms with E-state index in [9.17, 15) is 4.79 Å². The summed E-state index contributed by atoms with van der Waals surface area (Å²) in [6.07, 6.45) is 3.29. The van der Waals surface area contributed by atoms with Crippen molar-refractivity contribution < 1.29 is 4.79 Å². The minimum Gasteiger partial charge on any atom is -0.272 e. The number of benzene rings is 1. The summed E-state index contributed by atoms with van der Waals surface area (Å²) in [4.78, 5) is 19.8. The highest BCUT2D eigenvalue weighted by molar-refractivity contribution is 7.99. The molecule has 6 heteroatoms. The van der Waals surface area contributed by atoms with Crippen molar-refractivity contribution in [3.63, 3.8) is 0 Å². The summed E-state index contributed by atoms with van der Waals surface area (Å²) in [6, 6.07) is 9.72. The number of nitrogens with one attached hydrogen (secondary N) is 1. The molecule has 0 spiro atoms. The number of aromatic nitrogens is 2. The molecule has 0 aliphatic carbocycles. The minimum atomic E-state index is -0.182. The second-order valence-electron chi connectivity index (χ2n) is 4.42. The number of hydrogen-bond donors (Lipinski definition) is 1. The molecule has 1 aromatic carbocycles. The topological polar surface area (TPSA) is 67.2 Å². The van der Waals surface area contributed by atoms with Gasteiger partial charge in [-0.25, -0.2) is 15.4 Å². The van der Waals surface area contributed by atoms with Crippen LogP contribution in [0.2, 0.25) is 0 Å². The largest absolute Gasteiger partial charge is 0.272 e. The normalized spacial score (nSPS) is 11.2. The molecule has 0 unspecified atom stereocenters. The third-order valence-electron chi connectivity index (χ3n) is 2.69. The lowest BCUT2D eigenvalue weighted by Crippen LogP contribution is -2.21. The number of hydrogen-bond acceptors (Lipinski definition) is 5. The van der Waals surface area contributed by atoms with Crippen molar-refractivity contribution in [3.8, 4) is 0 Å². The first-order valence-electron chi connectivity index (χ1n) is 6.45.